The SMILES string of the molecule is O=C(COc1ccc(/C=C2\SC(=O)N(Cc3ccc4ccccc4c3)C2=O)cc1)N1CCCCC1. The Balaban J connectivity index is 1.21. The van der Waals surface area contributed by atoms with Gasteiger partial charge < -0.3 is 9.64 Å². The van der Waals surface area contributed by atoms with Crippen LogP contribution in [0.5, 0.6) is 5.75 Å². The van der Waals surface area contributed by atoms with Crippen molar-refractivity contribution in [2.45, 2.75) is 25.8 Å². The van der Waals surface area contributed by atoms with Gasteiger partial charge in [-0.3, -0.25) is 19.3 Å². The van der Waals surface area contributed by atoms with E-state index >= 15 is 0 Å². The molecule has 178 valence electrons. The third-order valence-electron chi connectivity index (χ3n) is 6.28. The monoisotopic (exact) mass is 486 g/mol. The summed E-state index contributed by atoms with van der Waals surface area (Å²) in [5.41, 5.74) is 1.70. The van der Waals surface area contributed by atoms with Gasteiger partial charge in [-0.1, -0.05) is 48.5 Å². The van der Waals surface area contributed by atoms with Gasteiger partial charge in [0.25, 0.3) is 17.1 Å². The molecule has 7 heteroatoms. The number of hydrogen-bond acceptors (Lipinski definition) is 5. The Morgan fingerprint density at radius 1 is 0.914 bits per heavy atom. The summed E-state index contributed by atoms with van der Waals surface area (Å²) in [6.45, 7) is 1.87. The van der Waals surface area contributed by atoms with E-state index in [1.54, 1.807) is 18.2 Å². The molecule has 2 saturated heterocycles. The summed E-state index contributed by atoms with van der Waals surface area (Å²) in [4.78, 5) is 41.3. The van der Waals surface area contributed by atoms with Crippen molar-refractivity contribution in [3.05, 3.63) is 82.8 Å². The highest BCUT2D eigenvalue weighted by Crippen LogP contribution is 2.34. The van der Waals surface area contributed by atoms with E-state index < -0.39 is 0 Å². The molecule has 0 unspecified atom stereocenters. The first-order chi connectivity index (χ1) is 17.1. The van der Waals surface area contributed by atoms with E-state index in [9.17, 15) is 14.4 Å². The van der Waals surface area contributed by atoms with Gasteiger partial charge in [0, 0.05) is 13.1 Å². The molecule has 0 atom stereocenters. The van der Waals surface area contributed by atoms with Crippen LogP contribution < -0.4 is 4.74 Å². The molecular weight excluding hydrogens is 460 g/mol. The van der Waals surface area contributed by atoms with Crippen molar-refractivity contribution in [1.82, 2.24) is 9.80 Å². The van der Waals surface area contributed by atoms with Crippen LogP contribution >= 0.6 is 11.8 Å². The Hall–Kier alpha value is -3.58. The second kappa shape index (κ2) is 10.4. The molecule has 2 aliphatic rings. The van der Waals surface area contributed by atoms with E-state index in [0.717, 1.165) is 59.6 Å². The lowest BCUT2D eigenvalue weighted by Crippen LogP contribution is -2.38. The number of rotatable bonds is 6. The maximum atomic E-state index is 12.9. The highest BCUT2D eigenvalue weighted by Gasteiger charge is 2.35. The Bertz CT molecular complexity index is 1300. The predicted octanol–water partition coefficient (Wildman–Crippen LogP) is 5.47. The number of ether oxygens (including phenoxy) is 1. The van der Waals surface area contributed by atoms with E-state index in [1.807, 2.05) is 59.5 Å². The number of hydrogen-bond donors (Lipinski definition) is 0. The molecule has 3 amide bonds. The zero-order valence-electron chi connectivity index (χ0n) is 19.3. The number of amides is 3. The van der Waals surface area contributed by atoms with Crippen molar-refractivity contribution in [3.8, 4) is 5.75 Å². The molecule has 3 aromatic rings. The van der Waals surface area contributed by atoms with Crippen LogP contribution in [0.25, 0.3) is 16.8 Å². The van der Waals surface area contributed by atoms with E-state index in [2.05, 4.69) is 0 Å². The summed E-state index contributed by atoms with van der Waals surface area (Å²) >= 11 is 0.951. The maximum Gasteiger partial charge on any atom is 0.293 e. The van der Waals surface area contributed by atoms with Gasteiger partial charge in [0.05, 0.1) is 11.4 Å². The van der Waals surface area contributed by atoms with Crippen LogP contribution in [0.3, 0.4) is 0 Å². The molecule has 6 nitrogen and oxygen atoms in total. The first-order valence-electron chi connectivity index (χ1n) is 11.8. The molecule has 5 rings (SSSR count). The molecule has 0 aliphatic carbocycles. The average Bonchev–Trinajstić information content (AvgIpc) is 3.15. The summed E-state index contributed by atoms with van der Waals surface area (Å²) in [7, 11) is 0. The zero-order valence-corrected chi connectivity index (χ0v) is 20.1. The fourth-order valence-corrected chi connectivity index (χ4v) is 5.19. The second-order valence-corrected chi connectivity index (χ2v) is 9.74. The lowest BCUT2D eigenvalue weighted by Gasteiger charge is -2.26. The van der Waals surface area contributed by atoms with Crippen molar-refractivity contribution in [2.24, 2.45) is 0 Å². The molecule has 0 spiro atoms. The third-order valence-corrected chi connectivity index (χ3v) is 7.18. The number of fused-ring (bicyclic) bond motifs is 1. The first kappa shape index (κ1) is 23.2. The standard InChI is InChI=1S/C28H26N2O4S/c31-26(29-14-4-1-5-15-29)19-34-24-12-9-20(10-13-24)17-25-27(32)30(28(33)35-25)18-21-8-11-22-6-2-3-7-23(22)16-21/h2-3,6-13,16-17H,1,4-5,14-15,18-19H2/b25-17-. The van der Waals surface area contributed by atoms with Crippen molar-refractivity contribution in [3.63, 3.8) is 0 Å². The van der Waals surface area contributed by atoms with E-state index in [1.165, 1.54) is 11.3 Å². The number of likely N-dealkylation sites (tertiary alicyclic amines) is 1. The predicted molar refractivity (Wildman–Crippen MR) is 138 cm³/mol. The minimum absolute atomic E-state index is 0.00821. The normalized spacial score (nSPS) is 17.4. The summed E-state index contributed by atoms with van der Waals surface area (Å²) in [5, 5.41) is 1.92. The van der Waals surface area contributed by atoms with Gasteiger partial charge in [-0.25, -0.2) is 0 Å². The molecule has 3 aromatic carbocycles. The maximum absolute atomic E-state index is 12.9. The van der Waals surface area contributed by atoms with Crippen LogP contribution in [0.2, 0.25) is 0 Å². The number of imide groups is 1. The van der Waals surface area contributed by atoms with E-state index in [0.29, 0.717) is 10.7 Å². The quantitative estimate of drug-likeness (QED) is 0.433. The van der Waals surface area contributed by atoms with Crippen LogP contribution in [0.4, 0.5) is 4.79 Å². The lowest BCUT2D eigenvalue weighted by molar-refractivity contribution is -0.134. The number of nitrogens with zero attached hydrogens (tertiary/aromatic N) is 2. The minimum Gasteiger partial charge on any atom is -0.484 e. The van der Waals surface area contributed by atoms with Gasteiger partial charge >= 0.3 is 0 Å². The zero-order chi connectivity index (χ0) is 24.2. The molecule has 0 aromatic heterocycles. The van der Waals surface area contributed by atoms with Crippen LogP contribution in [0.15, 0.2) is 71.6 Å². The smallest absolute Gasteiger partial charge is 0.293 e. The first-order valence-corrected chi connectivity index (χ1v) is 12.6. The Morgan fingerprint density at radius 2 is 1.66 bits per heavy atom. The minimum atomic E-state index is -0.291. The summed E-state index contributed by atoms with van der Waals surface area (Å²) < 4.78 is 5.65. The van der Waals surface area contributed by atoms with Gasteiger partial charge in [-0.15, -0.1) is 0 Å². The van der Waals surface area contributed by atoms with Crippen molar-refractivity contribution < 1.29 is 19.1 Å². The Labute approximate surface area is 208 Å². The summed E-state index contributed by atoms with van der Waals surface area (Å²) in [6, 6.07) is 21.1. The highest BCUT2D eigenvalue weighted by molar-refractivity contribution is 8.18. The van der Waals surface area contributed by atoms with Crippen LogP contribution in [-0.2, 0) is 16.1 Å². The van der Waals surface area contributed by atoms with Crippen LogP contribution in [0.1, 0.15) is 30.4 Å². The van der Waals surface area contributed by atoms with Gasteiger partial charge in [-0.2, -0.15) is 0 Å². The van der Waals surface area contributed by atoms with Gasteiger partial charge in [-0.05, 0) is 77.2 Å². The lowest BCUT2D eigenvalue weighted by atomic mass is 10.1. The fraction of sp³-hybridized carbons (Fsp3) is 0.250. The second-order valence-electron chi connectivity index (χ2n) is 8.75. The summed E-state index contributed by atoms with van der Waals surface area (Å²) in [6.07, 6.45) is 4.99. The molecule has 35 heavy (non-hydrogen) atoms. The van der Waals surface area contributed by atoms with Crippen molar-refractivity contribution in [2.75, 3.05) is 19.7 Å². The van der Waals surface area contributed by atoms with Crippen LogP contribution in [-0.4, -0.2) is 46.5 Å². The third kappa shape index (κ3) is 5.41. The van der Waals surface area contributed by atoms with Gasteiger partial charge in [0.2, 0.25) is 0 Å². The number of thioether (sulfide) groups is 1. The number of benzene rings is 3. The molecule has 0 N–H and O–H groups in total. The van der Waals surface area contributed by atoms with Crippen molar-refractivity contribution in [1.29, 1.82) is 0 Å². The highest BCUT2D eigenvalue weighted by atomic mass is 32.2. The van der Waals surface area contributed by atoms with Gasteiger partial charge in [0.15, 0.2) is 6.61 Å². The fourth-order valence-electron chi connectivity index (χ4n) is 4.35. The number of carbonyl (C=O) groups excluding carboxylic acids is 3. The topological polar surface area (TPSA) is 66.9 Å². The largest absolute Gasteiger partial charge is 0.484 e. The Kier molecular flexibility index (Phi) is 6.86. The Morgan fingerprint density at radius 3 is 2.43 bits per heavy atom. The van der Waals surface area contributed by atoms with Crippen molar-refractivity contribution >= 4 is 45.7 Å². The molecule has 0 radical (unpaired) electrons. The van der Waals surface area contributed by atoms with Crippen LogP contribution in [0, 0.1) is 0 Å². The number of piperidine rings is 1. The number of carbonyl (C=O) groups is 3. The molecule has 2 aliphatic heterocycles. The molecular formula is C28H26N2O4S. The molecule has 2 fully saturated rings. The molecule has 0 saturated carbocycles. The average molecular weight is 487 g/mol. The van der Waals surface area contributed by atoms with Gasteiger partial charge in [0.1, 0.15) is 5.75 Å². The molecule has 2 heterocycles. The molecule has 0 bridgehead atoms. The summed E-state index contributed by atoms with van der Waals surface area (Å²) in [5.74, 6) is 0.311. The van der Waals surface area contributed by atoms with E-state index in [4.69, 9.17) is 4.74 Å². The van der Waals surface area contributed by atoms with E-state index in [-0.39, 0.29) is 30.2 Å².